The smallest absolute Gasteiger partial charge is 0.227 e. The topological polar surface area (TPSA) is 52.7 Å². The van der Waals surface area contributed by atoms with E-state index in [1.54, 1.807) is 0 Å². The van der Waals surface area contributed by atoms with Crippen LogP contribution in [0.3, 0.4) is 0 Å². The van der Waals surface area contributed by atoms with Gasteiger partial charge in [-0.2, -0.15) is 0 Å². The zero-order valence-electron chi connectivity index (χ0n) is 15.4. The third-order valence-electron chi connectivity index (χ3n) is 4.60. The van der Waals surface area contributed by atoms with E-state index in [4.69, 9.17) is 0 Å². The van der Waals surface area contributed by atoms with Gasteiger partial charge in [0.1, 0.15) is 0 Å². The maximum absolute atomic E-state index is 12.6. The van der Waals surface area contributed by atoms with E-state index in [2.05, 4.69) is 16.3 Å². The molecule has 0 unspecified atom stereocenters. The third kappa shape index (κ3) is 4.63. The molecular weight excluding hydrogens is 326 g/mol. The standard InChI is InChI=1S/C21H25N3O2/c1-16-5-3-6-18(13-16)14-21(26)24-11-9-23(10-12-24)20-8-4-7-19(15-20)22-17(2)25/h3-8,13,15H,9-12,14H2,1-2H3,(H,22,25). The lowest BCUT2D eigenvalue weighted by Gasteiger charge is -2.36. The average molecular weight is 351 g/mol. The molecular formula is C21H25N3O2. The molecule has 2 aromatic carbocycles. The monoisotopic (exact) mass is 351 g/mol. The predicted octanol–water partition coefficient (Wildman–Crippen LogP) is 2.84. The van der Waals surface area contributed by atoms with E-state index in [0.717, 1.165) is 43.1 Å². The summed E-state index contributed by atoms with van der Waals surface area (Å²) in [6, 6.07) is 16.0. The number of piperazine rings is 1. The third-order valence-corrected chi connectivity index (χ3v) is 4.60. The second-order valence-electron chi connectivity index (χ2n) is 6.77. The number of aryl methyl sites for hydroxylation is 1. The van der Waals surface area contributed by atoms with Crippen LogP contribution in [-0.4, -0.2) is 42.9 Å². The van der Waals surface area contributed by atoms with Gasteiger partial charge in [0.05, 0.1) is 6.42 Å². The molecule has 1 fully saturated rings. The van der Waals surface area contributed by atoms with Crippen LogP contribution in [0.15, 0.2) is 48.5 Å². The van der Waals surface area contributed by atoms with Gasteiger partial charge in [-0.05, 0) is 30.7 Å². The van der Waals surface area contributed by atoms with Crippen LogP contribution in [-0.2, 0) is 16.0 Å². The highest BCUT2D eigenvalue weighted by Crippen LogP contribution is 2.21. The summed E-state index contributed by atoms with van der Waals surface area (Å²) in [5.74, 6) is 0.107. The Labute approximate surface area is 154 Å². The minimum absolute atomic E-state index is 0.0753. The average Bonchev–Trinajstić information content (AvgIpc) is 2.61. The van der Waals surface area contributed by atoms with Gasteiger partial charge in [-0.15, -0.1) is 0 Å². The van der Waals surface area contributed by atoms with Crippen molar-refractivity contribution in [1.29, 1.82) is 0 Å². The number of anilines is 2. The maximum atomic E-state index is 12.6. The molecule has 0 radical (unpaired) electrons. The molecule has 1 N–H and O–H groups in total. The van der Waals surface area contributed by atoms with Crippen molar-refractivity contribution >= 4 is 23.2 Å². The van der Waals surface area contributed by atoms with E-state index in [-0.39, 0.29) is 11.8 Å². The van der Waals surface area contributed by atoms with Gasteiger partial charge >= 0.3 is 0 Å². The lowest BCUT2D eigenvalue weighted by Crippen LogP contribution is -2.49. The number of carbonyl (C=O) groups excluding carboxylic acids is 2. The van der Waals surface area contributed by atoms with Gasteiger partial charge in [-0.25, -0.2) is 0 Å². The molecule has 2 amide bonds. The molecule has 1 aliphatic rings. The minimum atomic E-state index is -0.0753. The van der Waals surface area contributed by atoms with Crippen molar-refractivity contribution in [2.24, 2.45) is 0 Å². The summed E-state index contributed by atoms with van der Waals surface area (Å²) in [5, 5.41) is 2.81. The summed E-state index contributed by atoms with van der Waals surface area (Å²) in [6.45, 7) is 6.57. The van der Waals surface area contributed by atoms with E-state index >= 15 is 0 Å². The van der Waals surface area contributed by atoms with Crippen LogP contribution in [0, 0.1) is 6.92 Å². The maximum Gasteiger partial charge on any atom is 0.227 e. The summed E-state index contributed by atoms with van der Waals surface area (Å²) in [4.78, 5) is 28.0. The van der Waals surface area contributed by atoms with Gasteiger partial charge in [-0.3, -0.25) is 9.59 Å². The van der Waals surface area contributed by atoms with Gasteiger partial charge in [-0.1, -0.05) is 35.9 Å². The molecule has 0 aromatic heterocycles. The first-order chi connectivity index (χ1) is 12.5. The van der Waals surface area contributed by atoms with Crippen LogP contribution in [0.5, 0.6) is 0 Å². The molecule has 2 aromatic rings. The normalized spacial score (nSPS) is 14.2. The van der Waals surface area contributed by atoms with Crippen LogP contribution in [0.4, 0.5) is 11.4 Å². The molecule has 0 bridgehead atoms. The summed E-state index contributed by atoms with van der Waals surface area (Å²) in [6.07, 6.45) is 0.458. The Hall–Kier alpha value is -2.82. The van der Waals surface area contributed by atoms with Crippen molar-refractivity contribution in [2.75, 3.05) is 36.4 Å². The van der Waals surface area contributed by atoms with Crippen molar-refractivity contribution in [3.63, 3.8) is 0 Å². The van der Waals surface area contributed by atoms with E-state index < -0.39 is 0 Å². The number of hydrogen-bond donors (Lipinski definition) is 1. The highest BCUT2D eigenvalue weighted by Gasteiger charge is 2.21. The van der Waals surface area contributed by atoms with Crippen molar-refractivity contribution in [2.45, 2.75) is 20.3 Å². The van der Waals surface area contributed by atoms with Crippen molar-refractivity contribution in [3.8, 4) is 0 Å². The van der Waals surface area contributed by atoms with Crippen LogP contribution < -0.4 is 10.2 Å². The fourth-order valence-corrected chi connectivity index (χ4v) is 3.31. The first-order valence-corrected chi connectivity index (χ1v) is 8.97. The lowest BCUT2D eigenvalue weighted by molar-refractivity contribution is -0.130. The van der Waals surface area contributed by atoms with E-state index in [1.807, 2.05) is 54.3 Å². The Kier molecular flexibility index (Phi) is 5.56. The van der Waals surface area contributed by atoms with E-state index in [0.29, 0.717) is 6.42 Å². The summed E-state index contributed by atoms with van der Waals surface area (Å²) in [7, 11) is 0. The molecule has 3 rings (SSSR count). The van der Waals surface area contributed by atoms with Crippen molar-refractivity contribution in [1.82, 2.24) is 4.90 Å². The summed E-state index contributed by atoms with van der Waals surface area (Å²) in [5.41, 5.74) is 4.12. The second-order valence-corrected chi connectivity index (χ2v) is 6.77. The minimum Gasteiger partial charge on any atom is -0.368 e. The summed E-state index contributed by atoms with van der Waals surface area (Å²) >= 11 is 0. The molecule has 0 spiro atoms. The number of benzene rings is 2. The first-order valence-electron chi connectivity index (χ1n) is 8.97. The molecule has 26 heavy (non-hydrogen) atoms. The van der Waals surface area contributed by atoms with Gasteiger partial charge < -0.3 is 15.1 Å². The Morgan fingerprint density at radius 2 is 1.73 bits per heavy atom. The Morgan fingerprint density at radius 1 is 1.00 bits per heavy atom. The quantitative estimate of drug-likeness (QED) is 0.922. The van der Waals surface area contributed by atoms with Crippen LogP contribution in [0.2, 0.25) is 0 Å². The Morgan fingerprint density at radius 3 is 2.42 bits per heavy atom. The van der Waals surface area contributed by atoms with Crippen LogP contribution >= 0.6 is 0 Å². The summed E-state index contributed by atoms with van der Waals surface area (Å²) < 4.78 is 0. The number of rotatable bonds is 4. The van der Waals surface area contributed by atoms with Crippen molar-refractivity contribution in [3.05, 3.63) is 59.7 Å². The largest absolute Gasteiger partial charge is 0.368 e. The zero-order chi connectivity index (χ0) is 18.5. The van der Waals surface area contributed by atoms with Gasteiger partial charge in [0.15, 0.2) is 0 Å². The van der Waals surface area contributed by atoms with Crippen molar-refractivity contribution < 1.29 is 9.59 Å². The zero-order valence-corrected chi connectivity index (χ0v) is 15.4. The van der Waals surface area contributed by atoms with Gasteiger partial charge in [0.2, 0.25) is 11.8 Å². The second kappa shape index (κ2) is 8.04. The van der Waals surface area contributed by atoms with Gasteiger partial charge in [0, 0.05) is 44.5 Å². The highest BCUT2D eigenvalue weighted by atomic mass is 16.2. The molecule has 5 heteroatoms. The fourth-order valence-electron chi connectivity index (χ4n) is 3.31. The number of nitrogens with zero attached hydrogens (tertiary/aromatic N) is 2. The number of hydrogen-bond acceptors (Lipinski definition) is 3. The highest BCUT2D eigenvalue weighted by molar-refractivity contribution is 5.89. The number of amides is 2. The molecule has 0 aliphatic carbocycles. The van der Waals surface area contributed by atoms with E-state index in [1.165, 1.54) is 12.5 Å². The lowest BCUT2D eigenvalue weighted by atomic mass is 10.1. The number of nitrogens with one attached hydrogen (secondary N) is 1. The molecule has 1 saturated heterocycles. The molecule has 5 nitrogen and oxygen atoms in total. The van der Waals surface area contributed by atoms with Crippen LogP contribution in [0.25, 0.3) is 0 Å². The molecule has 1 aliphatic heterocycles. The SMILES string of the molecule is CC(=O)Nc1cccc(N2CCN(C(=O)Cc3cccc(C)c3)CC2)c1. The fraction of sp³-hybridized carbons (Fsp3) is 0.333. The van der Waals surface area contributed by atoms with Gasteiger partial charge in [0.25, 0.3) is 0 Å². The van der Waals surface area contributed by atoms with Crippen LogP contribution in [0.1, 0.15) is 18.1 Å². The predicted molar refractivity (Wildman–Crippen MR) is 104 cm³/mol. The molecule has 136 valence electrons. The number of carbonyl (C=O) groups is 2. The Balaban J connectivity index is 1.57. The van der Waals surface area contributed by atoms with E-state index in [9.17, 15) is 9.59 Å². The molecule has 1 heterocycles. The molecule has 0 saturated carbocycles. The Bertz CT molecular complexity index is 795. The first kappa shape index (κ1) is 18.0. The molecule has 0 atom stereocenters.